The van der Waals surface area contributed by atoms with Crippen molar-refractivity contribution in [2.75, 3.05) is 18.4 Å². The minimum absolute atomic E-state index is 0.0682. The molecule has 29 heavy (non-hydrogen) atoms. The summed E-state index contributed by atoms with van der Waals surface area (Å²) in [6, 6.07) is 5.33. The first-order valence-corrected chi connectivity index (χ1v) is 9.55. The van der Waals surface area contributed by atoms with Crippen molar-refractivity contribution in [3.05, 3.63) is 36.8 Å². The predicted octanol–water partition coefficient (Wildman–Crippen LogP) is 0.989. The van der Waals surface area contributed by atoms with Gasteiger partial charge in [-0.05, 0) is 50.2 Å². The van der Waals surface area contributed by atoms with Gasteiger partial charge in [-0.3, -0.25) is 14.4 Å². The molecule has 0 aromatic carbocycles. The van der Waals surface area contributed by atoms with Crippen molar-refractivity contribution in [2.45, 2.75) is 31.0 Å². The van der Waals surface area contributed by atoms with E-state index >= 15 is 0 Å². The first kappa shape index (κ1) is 19.7. The molecule has 1 atom stereocenters. The van der Waals surface area contributed by atoms with E-state index in [4.69, 9.17) is 23.5 Å². The summed E-state index contributed by atoms with van der Waals surface area (Å²) >= 11 is 0. The fraction of sp³-hybridized carbons (Fsp3) is 0.368. The van der Waals surface area contributed by atoms with Crippen LogP contribution in [0.4, 0.5) is 5.82 Å². The zero-order valence-electron chi connectivity index (χ0n) is 16.2. The van der Waals surface area contributed by atoms with Crippen molar-refractivity contribution in [1.29, 1.82) is 0 Å². The molecule has 10 heteroatoms. The highest BCUT2D eigenvalue weighted by molar-refractivity contribution is 6.56. The van der Waals surface area contributed by atoms with Crippen LogP contribution in [-0.4, -0.2) is 73.2 Å². The number of carbonyl (C=O) groups is 1. The number of hydrogen-bond acceptors (Lipinski definition) is 5. The smallest absolute Gasteiger partial charge is 0.242 e. The Morgan fingerprint density at radius 3 is 2.66 bits per heavy atom. The summed E-state index contributed by atoms with van der Waals surface area (Å²) in [4.78, 5) is 23.7. The van der Waals surface area contributed by atoms with Gasteiger partial charge in [-0.25, -0.2) is 9.97 Å². The van der Waals surface area contributed by atoms with Crippen LogP contribution < -0.4 is 5.32 Å². The molecule has 3 aromatic heterocycles. The van der Waals surface area contributed by atoms with Gasteiger partial charge in [0.25, 0.3) is 0 Å². The number of hydrogen-bond donors (Lipinski definition) is 1. The Hall–Kier alpha value is -2.61. The molecule has 1 aliphatic heterocycles. The van der Waals surface area contributed by atoms with E-state index in [1.807, 2.05) is 19.1 Å². The number of nitrogens with one attached hydrogen (secondary N) is 1. The second kappa shape index (κ2) is 7.67. The van der Waals surface area contributed by atoms with Gasteiger partial charge in [0.1, 0.15) is 5.82 Å². The Balaban J connectivity index is 1.56. The largest absolute Gasteiger partial charge is 0.309 e. The van der Waals surface area contributed by atoms with Crippen LogP contribution >= 0.6 is 0 Å². The monoisotopic (exact) mass is 380 g/mol. The minimum atomic E-state index is -1.58. The Morgan fingerprint density at radius 2 is 1.97 bits per heavy atom. The molecule has 140 valence electrons. The van der Waals surface area contributed by atoms with Crippen LogP contribution in [0.1, 0.15) is 19.8 Å². The van der Waals surface area contributed by atoms with E-state index in [2.05, 4.69) is 25.3 Å². The first-order chi connectivity index (χ1) is 13.8. The fourth-order valence-corrected chi connectivity index (χ4v) is 3.44. The molecule has 1 fully saturated rings. The molecule has 4 rings (SSSR count). The molecule has 0 spiro atoms. The van der Waals surface area contributed by atoms with E-state index in [0.29, 0.717) is 17.0 Å². The Morgan fingerprint density at radius 1 is 1.21 bits per heavy atom. The minimum Gasteiger partial charge on any atom is -0.309 e. The third-order valence-electron chi connectivity index (χ3n) is 5.17. The summed E-state index contributed by atoms with van der Waals surface area (Å²) in [7, 11) is 17.0. The standard InChI is InChI=1S/C19H19B3N6O/c1-12(27-6-2-3-7-27)18(29)26-17-8-16-13(9-23-17)4-5-15(25-16)14-10-24-28(11-14)19(20,21)22/h4-5,8-12H,2-3,6-7H2,1H3,(H,23,26,29)/t12-/m0/s1. The van der Waals surface area contributed by atoms with E-state index < -0.39 is 5.24 Å². The molecule has 0 aliphatic carbocycles. The number of fused-ring (bicyclic) bond motifs is 1. The number of nitrogens with zero attached hydrogens (tertiary/aromatic N) is 5. The molecular weight excluding hydrogens is 361 g/mol. The van der Waals surface area contributed by atoms with E-state index in [-0.39, 0.29) is 11.9 Å². The Kier molecular flexibility index (Phi) is 5.21. The van der Waals surface area contributed by atoms with Gasteiger partial charge in [0, 0.05) is 29.4 Å². The molecule has 4 heterocycles. The second-order valence-electron chi connectivity index (χ2n) is 7.43. The summed E-state index contributed by atoms with van der Waals surface area (Å²) < 4.78 is 1.27. The van der Waals surface area contributed by atoms with Gasteiger partial charge >= 0.3 is 0 Å². The number of amides is 1. The van der Waals surface area contributed by atoms with E-state index in [9.17, 15) is 4.79 Å². The van der Waals surface area contributed by atoms with E-state index in [0.717, 1.165) is 36.9 Å². The van der Waals surface area contributed by atoms with Gasteiger partial charge in [-0.1, -0.05) is 0 Å². The van der Waals surface area contributed by atoms with E-state index in [1.165, 1.54) is 4.68 Å². The number of rotatable bonds is 5. The highest BCUT2D eigenvalue weighted by atomic mass is 16.2. The maximum Gasteiger partial charge on any atom is 0.242 e. The lowest BCUT2D eigenvalue weighted by Gasteiger charge is -2.22. The van der Waals surface area contributed by atoms with Crippen LogP contribution in [0.15, 0.2) is 36.8 Å². The summed E-state index contributed by atoms with van der Waals surface area (Å²) in [5.74, 6) is 0.403. The third-order valence-corrected chi connectivity index (χ3v) is 5.17. The second-order valence-corrected chi connectivity index (χ2v) is 7.43. The zero-order chi connectivity index (χ0) is 20.6. The first-order valence-electron chi connectivity index (χ1n) is 9.55. The van der Waals surface area contributed by atoms with Crippen molar-refractivity contribution >= 4 is 46.2 Å². The lowest BCUT2D eigenvalue weighted by atomic mass is 9.49. The number of anilines is 1. The normalized spacial score (nSPS) is 16.2. The molecule has 7 nitrogen and oxygen atoms in total. The summed E-state index contributed by atoms with van der Waals surface area (Å²) in [6.45, 7) is 3.82. The van der Waals surface area contributed by atoms with Crippen molar-refractivity contribution in [3.8, 4) is 11.3 Å². The molecule has 0 unspecified atom stereocenters. The van der Waals surface area contributed by atoms with Crippen molar-refractivity contribution in [2.24, 2.45) is 0 Å². The quantitative estimate of drug-likeness (QED) is 0.669. The van der Waals surface area contributed by atoms with Crippen molar-refractivity contribution in [1.82, 2.24) is 24.6 Å². The average Bonchev–Trinajstić information content (AvgIpc) is 3.38. The van der Waals surface area contributed by atoms with E-state index in [1.54, 1.807) is 24.7 Å². The molecule has 1 N–H and O–H groups in total. The molecule has 6 radical (unpaired) electrons. The third kappa shape index (κ3) is 4.22. The topological polar surface area (TPSA) is 75.9 Å². The summed E-state index contributed by atoms with van der Waals surface area (Å²) in [5, 5.41) is 6.26. The summed E-state index contributed by atoms with van der Waals surface area (Å²) in [5.41, 5.74) is 2.11. The van der Waals surface area contributed by atoms with Gasteiger partial charge in [-0.2, -0.15) is 5.10 Å². The van der Waals surface area contributed by atoms with Gasteiger partial charge in [0.05, 0.1) is 47.0 Å². The fourth-order valence-electron chi connectivity index (χ4n) is 3.44. The molecule has 1 amide bonds. The number of pyridine rings is 2. The number of carbonyl (C=O) groups excluding carboxylic acids is 1. The molecule has 0 saturated carbocycles. The lowest BCUT2D eigenvalue weighted by Crippen LogP contribution is -2.40. The van der Waals surface area contributed by atoms with Crippen LogP contribution in [0.3, 0.4) is 0 Å². The summed E-state index contributed by atoms with van der Waals surface area (Å²) in [6.07, 6.45) is 7.19. The maximum atomic E-state index is 12.6. The Bertz CT molecular complexity index is 1040. The van der Waals surface area contributed by atoms with Crippen LogP contribution in [0, 0.1) is 0 Å². The highest BCUT2D eigenvalue weighted by Crippen LogP contribution is 2.23. The molecule has 1 aliphatic rings. The molecular formula is C19H19B3N6O. The average molecular weight is 380 g/mol. The molecule has 3 aromatic rings. The number of likely N-dealkylation sites (tertiary alicyclic amines) is 1. The number of aromatic nitrogens is 4. The Labute approximate surface area is 173 Å². The van der Waals surface area contributed by atoms with Crippen LogP contribution in [-0.2, 0) is 10.0 Å². The van der Waals surface area contributed by atoms with Crippen LogP contribution in [0.2, 0.25) is 0 Å². The molecule has 0 bridgehead atoms. The molecule has 1 saturated heterocycles. The van der Waals surface area contributed by atoms with Crippen LogP contribution in [0.5, 0.6) is 0 Å². The van der Waals surface area contributed by atoms with Gasteiger partial charge in [0.15, 0.2) is 0 Å². The maximum absolute atomic E-state index is 12.6. The zero-order valence-corrected chi connectivity index (χ0v) is 16.2. The van der Waals surface area contributed by atoms with Crippen LogP contribution in [0.25, 0.3) is 22.2 Å². The van der Waals surface area contributed by atoms with Gasteiger partial charge < -0.3 is 5.32 Å². The van der Waals surface area contributed by atoms with Gasteiger partial charge in [-0.15, -0.1) is 0 Å². The predicted molar refractivity (Wildman–Crippen MR) is 115 cm³/mol. The SMILES string of the molecule is [B]C([B])([B])n1cc(-c2ccc3cnc(NC(=O)[C@H](C)N4CCCC4)cc3n2)cn1. The van der Waals surface area contributed by atoms with Crippen molar-refractivity contribution < 1.29 is 4.79 Å². The highest BCUT2D eigenvalue weighted by Gasteiger charge is 2.24. The van der Waals surface area contributed by atoms with Crippen molar-refractivity contribution in [3.63, 3.8) is 0 Å². The van der Waals surface area contributed by atoms with Gasteiger partial charge in [0.2, 0.25) is 5.91 Å². The lowest BCUT2D eigenvalue weighted by molar-refractivity contribution is -0.120.